The van der Waals surface area contributed by atoms with Crippen LogP contribution in [0.2, 0.25) is 0 Å². The summed E-state index contributed by atoms with van der Waals surface area (Å²) in [7, 11) is 4.33. The number of ether oxygens (including phenoxy) is 3. The van der Waals surface area contributed by atoms with Crippen LogP contribution in [0, 0.1) is 0 Å². The maximum atomic E-state index is 10.8. The highest BCUT2D eigenvalue weighted by Crippen LogP contribution is 2.38. The summed E-state index contributed by atoms with van der Waals surface area (Å²) in [5, 5.41) is 18.2. The van der Waals surface area contributed by atoms with Gasteiger partial charge in [-0.1, -0.05) is 6.42 Å². The number of hydrogen-bond acceptors (Lipinski definition) is 6. The minimum absolute atomic E-state index is 0.000963. The quantitative estimate of drug-likeness (QED) is 0.791. The number of aromatic carboxylic acids is 1. The van der Waals surface area contributed by atoms with E-state index in [1.54, 1.807) is 0 Å². The van der Waals surface area contributed by atoms with Gasteiger partial charge in [-0.25, -0.2) is 4.79 Å². The van der Waals surface area contributed by atoms with Crippen molar-refractivity contribution in [3.8, 4) is 17.2 Å². The van der Waals surface area contributed by atoms with Gasteiger partial charge in [-0.15, -0.1) is 0 Å². The Balaban J connectivity index is 0.000000202. The van der Waals surface area contributed by atoms with Crippen molar-refractivity contribution < 1.29 is 29.2 Å². The second-order valence-corrected chi connectivity index (χ2v) is 7.28. The van der Waals surface area contributed by atoms with Crippen LogP contribution in [-0.2, 0) is 0 Å². The van der Waals surface area contributed by atoms with Crippen molar-refractivity contribution in [2.45, 2.75) is 57.1 Å². The summed E-state index contributed by atoms with van der Waals surface area (Å²) in [5.41, 5.74) is 0.0875. The van der Waals surface area contributed by atoms with Gasteiger partial charge in [-0.3, -0.25) is 0 Å². The molecule has 0 unspecified atom stereocenters. The molecule has 0 aromatic heterocycles. The third kappa shape index (κ3) is 6.01. The van der Waals surface area contributed by atoms with Crippen molar-refractivity contribution in [2.75, 3.05) is 34.4 Å². The molecule has 0 amide bonds. The summed E-state index contributed by atoms with van der Waals surface area (Å²) in [6.07, 6.45) is 8.70. The van der Waals surface area contributed by atoms with Crippen molar-refractivity contribution in [3.63, 3.8) is 0 Å². The van der Waals surface area contributed by atoms with Crippen LogP contribution >= 0.6 is 0 Å². The number of rotatable bonds is 5. The lowest BCUT2D eigenvalue weighted by Gasteiger charge is -2.37. The summed E-state index contributed by atoms with van der Waals surface area (Å²) in [5.74, 6) is -0.0113. The molecule has 1 aliphatic heterocycles. The largest absolute Gasteiger partial charge is 0.493 e. The minimum atomic E-state index is -1.05. The van der Waals surface area contributed by atoms with Crippen LogP contribution in [0.3, 0.4) is 0 Å². The maximum Gasteiger partial charge on any atom is 0.335 e. The first kappa shape index (κ1) is 22.3. The van der Waals surface area contributed by atoms with Crippen LogP contribution in [0.4, 0.5) is 0 Å². The average molecular weight is 395 g/mol. The Morgan fingerprint density at radius 3 is 1.89 bits per heavy atom. The van der Waals surface area contributed by atoms with Gasteiger partial charge in [0, 0.05) is 6.04 Å². The molecule has 1 aromatic carbocycles. The third-order valence-corrected chi connectivity index (χ3v) is 5.48. The van der Waals surface area contributed by atoms with Gasteiger partial charge in [0.25, 0.3) is 0 Å². The maximum absolute atomic E-state index is 10.8. The first-order valence-corrected chi connectivity index (χ1v) is 9.95. The van der Waals surface area contributed by atoms with Gasteiger partial charge in [-0.05, 0) is 63.7 Å². The summed E-state index contributed by atoms with van der Waals surface area (Å²) >= 11 is 0. The molecule has 2 aliphatic rings. The molecule has 0 atom stereocenters. The van der Waals surface area contributed by atoms with Gasteiger partial charge in [-0.2, -0.15) is 0 Å². The van der Waals surface area contributed by atoms with Gasteiger partial charge in [0.1, 0.15) is 0 Å². The zero-order chi connectivity index (χ0) is 20.5. The van der Waals surface area contributed by atoms with Crippen LogP contribution in [-0.4, -0.2) is 67.6 Å². The first-order valence-electron chi connectivity index (χ1n) is 9.95. The molecule has 1 saturated heterocycles. The SMILES string of the molecule is COc1cc(C(=O)O)cc(OC)c1OC.OC1CCC(N2CCCCC2)CC1. The summed E-state index contributed by atoms with van der Waals surface area (Å²) in [6.45, 7) is 2.61. The van der Waals surface area contributed by atoms with Crippen LogP contribution < -0.4 is 14.2 Å². The number of carboxylic acid groups (broad SMARTS) is 1. The van der Waals surface area contributed by atoms with Crippen molar-refractivity contribution in [2.24, 2.45) is 0 Å². The van der Waals surface area contributed by atoms with E-state index in [0.29, 0.717) is 17.2 Å². The van der Waals surface area contributed by atoms with E-state index < -0.39 is 5.97 Å². The highest BCUT2D eigenvalue weighted by atomic mass is 16.5. The topological polar surface area (TPSA) is 88.5 Å². The number of nitrogens with zero attached hydrogens (tertiary/aromatic N) is 1. The fourth-order valence-corrected chi connectivity index (χ4v) is 3.91. The number of carboxylic acids is 1. The molecule has 1 saturated carbocycles. The lowest BCUT2D eigenvalue weighted by Crippen LogP contribution is -2.41. The predicted molar refractivity (Wildman–Crippen MR) is 107 cm³/mol. The van der Waals surface area contributed by atoms with E-state index in [9.17, 15) is 9.90 Å². The van der Waals surface area contributed by atoms with Crippen molar-refractivity contribution >= 4 is 5.97 Å². The molecule has 7 nitrogen and oxygen atoms in total. The Morgan fingerprint density at radius 2 is 1.46 bits per heavy atom. The molecule has 0 radical (unpaired) electrons. The van der Waals surface area contributed by atoms with Crippen LogP contribution in [0.1, 0.15) is 55.3 Å². The summed E-state index contributed by atoms with van der Waals surface area (Å²) in [6, 6.07) is 3.55. The summed E-state index contributed by atoms with van der Waals surface area (Å²) in [4.78, 5) is 13.4. The minimum Gasteiger partial charge on any atom is -0.493 e. The molecule has 7 heteroatoms. The third-order valence-electron chi connectivity index (χ3n) is 5.48. The molecule has 28 heavy (non-hydrogen) atoms. The summed E-state index contributed by atoms with van der Waals surface area (Å²) < 4.78 is 15.1. The number of aliphatic hydroxyl groups excluding tert-OH is 1. The normalized spacial score (nSPS) is 22.6. The van der Waals surface area contributed by atoms with E-state index in [-0.39, 0.29) is 11.7 Å². The first-order chi connectivity index (χ1) is 13.5. The fraction of sp³-hybridized carbons (Fsp3) is 0.667. The van der Waals surface area contributed by atoms with Crippen LogP contribution in [0.25, 0.3) is 0 Å². The molecule has 3 rings (SSSR count). The lowest BCUT2D eigenvalue weighted by molar-refractivity contribution is 0.0649. The number of hydrogen-bond donors (Lipinski definition) is 2. The molecule has 2 N–H and O–H groups in total. The van der Waals surface area contributed by atoms with Crippen molar-refractivity contribution in [3.05, 3.63) is 17.7 Å². The fourth-order valence-electron chi connectivity index (χ4n) is 3.91. The standard InChI is InChI=1S/C11H21NO.C10H12O5/c13-11-6-4-10(5-7-11)12-8-2-1-3-9-12;1-13-7-4-6(10(11)12)5-8(14-2)9(7)15-3/h10-11,13H,1-9H2;4-5H,1-3H3,(H,11,12). The Labute approximate surface area is 167 Å². The van der Waals surface area contributed by atoms with E-state index >= 15 is 0 Å². The molecule has 0 bridgehead atoms. The van der Waals surface area contributed by atoms with E-state index in [2.05, 4.69) is 4.90 Å². The van der Waals surface area contributed by atoms with Crippen LogP contribution in [0.15, 0.2) is 12.1 Å². The molecule has 0 spiro atoms. The van der Waals surface area contributed by atoms with Gasteiger partial charge in [0.2, 0.25) is 5.75 Å². The van der Waals surface area contributed by atoms with E-state index in [1.807, 2.05) is 0 Å². The zero-order valence-corrected chi connectivity index (χ0v) is 17.1. The second-order valence-electron chi connectivity index (χ2n) is 7.28. The van der Waals surface area contributed by atoms with Gasteiger partial charge >= 0.3 is 5.97 Å². The Kier molecular flexibility index (Phi) is 8.86. The van der Waals surface area contributed by atoms with Gasteiger partial charge in [0.15, 0.2) is 11.5 Å². The van der Waals surface area contributed by atoms with Crippen molar-refractivity contribution in [1.29, 1.82) is 0 Å². The number of aliphatic hydroxyl groups is 1. The number of piperidine rings is 1. The highest BCUT2D eigenvalue weighted by Gasteiger charge is 2.25. The molecule has 2 fully saturated rings. The van der Waals surface area contributed by atoms with Gasteiger partial charge in [0.05, 0.1) is 33.0 Å². The zero-order valence-electron chi connectivity index (χ0n) is 17.1. The Hall–Kier alpha value is -1.99. The van der Waals surface area contributed by atoms with E-state index in [1.165, 1.54) is 78.7 Å². The number of carbonyl (C=O) groups is 1. The van der Waals surface area contributed by atoms with E-state index in [0.717, 1.165) is 18.9 Å². The lowest BCUT2D eigenvalue weighted by atomic mass is 9.91. The van der Waals surface area contributed by atoms with Crippen molar-refractivity contribution in [1.82, 2.24) is 4.90 Å². The average Bonchev–Trinajstić information content (AvgIpc) is 2.74. The molecular formula is C21H33NO6. The smallest absolute Gasteiger partial charge is 0.335 e. The molecule has 1 aromatic rings. The monoisotopic (exact) mass is 395 g/mol. The van der Waals surface area contributed by atoms with E-state index in [4.69, 9.17) is 19.3 Å². The molecular weight excluding hydrogens is 362 g/mol. The number of likely N-dealkylation sites (tertiary alicyclic amines) is 1. The second kappa shape index (κ2) is 11.1. The van der Waals surface area contributed by atoms with Crippen LogP contribution in [0.5, 0.6) is 17.2 Å². The molecule has 1 heterocycles. The Morgan fingerprint density at radius 1 is 0.929 bits per heavy atom. The predicted octanol–water partition coefficient (Wildman–Crippen LogP) is 3.19. The van der Waals surface area contributed by atoms with Gasteiger partial charge < -0.3 is 29.3 Å². The number of methoxy groups -OCH3 is 3. The highest BCUT2D eigenvalue weighted by molar-refractivity contribution is 5.89. The Bertz CT molecular complexity index is 596. The number of benzene rings is 1. The molecule has 1 aliphatic carbocycles. The molecule has 158 valence electrons.